The van der Waals surface area contributed by atoms with Gasteiger partial charge in [0.05, 0.1) is 0 Å². The number of aliphatic hydroxyl groups excluding tert-OH is 1. The first-order valence-corrected chi connectivity index (χ1v) is 12.5. The molecule has 5 rings (SSSR count). The van der Waals surface area contributed by atoms with Crippen LogP contribution >= 0.6 is 0 Å². The van der Waals surface area contributed by atoms with Crippen molar-refractivity contribution in [1.29, 1.82) is 0 Å². The van der Waals surface area contributed by atoms with E-state index in [1.54, 1.807) is 0 Å². The summed E-state index contributed by atoms with van der Waals surface area (Å²) in [6.07, 6.45) is 5.26. The molecule has 3 aliphatic rings. The number of aliphatic hydroxyl groups is 1. The van der Waals surface area contributed by atoms with Crippen molar-refractivity contribution in [1.82, 2.24) is 15.1 Å². The quantitative estimate of drug-likeness (QED) is 0.550. The van der Waals surface area contributed by atoms with Gasteiger partial charge in [0, 0.05) is 49.9 Å². The van der Waals surface area contributed by atoms with Crippen molar-refractivity contribution in [3.8, 4) is 11.1 Å². The van der Waals surface area contributed by atoms with Crippen LogP contribution in [-0.2, 0) is 4.84 Å². The zero-order chi connectivity index (χ0) is 23.3. The van der Waals surface area contributed by atoms with Crippen molar-refractivity contribution in [2.45, 2.75) is 44.2 Å². The summed E-state index contributed by atoms with van der Waals surface area (Å²) in [4.78, 5) is 22.2. The van der Waals surface area contributed by atoms with Crippen molar-refractivity contribution in [3.63, 3.8) is 0 Å². The van der Waals surface area contributed by atoms with Gasteiger partial charge < -0.3 is 20.2 Å². The van der Waals surface area contributed by atoms with E-state index in [0.717, 1.165) is 53.9 Å². The second-order valence-electron chi connectivity index (χ2n) is 9.55. The van der Waals surface area contributed by atoms with E-state index in [9.17, 15) is 9.90 Å². The Morgan fingerprint density at radius 1 is 0.941 bits per heavy atom. The number of urea groups is 1. The molecule has 34 heavy (non-hydrogen) atoms. The molecule has 2 N–H and O–H groups in total. The Morgan fingerprint density at radius 2 is 1.53 bits per heavy atom. The molecule has 1 aliphatic heterocycles. The lowest BCUT2D eigenvalue weighted by atomic mass is 9.96. The van der Waals surface area contributed by atoms with E-state index < -0.39 is 6.10 Å². The molecule has 1 unspecified atom stereocenters. The smallest absolute Gasteiger partial charge is 0.317 e. The molecule has 2 aromatic carbocycles. The van der Waals surface area contributed by atoms with E-state index in [0.29, 0.717) is 25.7 Å². The molecule has 0 radical (unpaired) electrons. The molecular weight excluding hydrogens is 428 g/mol. The number of amides is 2. The summed E-state index contributed by atoms with van der Waals surface area (Å²) in [6, 6.07) is 16.8. The molecular formula is C27H34N4O3. The number of β-amino-alcohol motifs (C(OH)–C–C–N with tert-alkyl or cyclic N) is 1. The second kappa shape index (κ2) is 10.6. The average molecular weight is 463 g/mol. The highest BCUT2D eigenvalue weighted by Gasteiger charge is 2.26. The van der Waals surface area contributed by atoms with E-state index in [1.165, 1.54) is 19.3 Å². The van der Waals surface area contributed by atoms with Gasteiger partial charge in [-0.1, -0.05) is 72.9 Å². The Hall–Kier alpha value is -2.90. The van der Waals surface area contributed by atoms with E-state index >= 15 is 0 Å². The van der Waals surface area contributed by atoms with Crippen molar-refractivity contribution >= 4 is 11.7 Å². The number of fused-ring (bicyclic) bond motifs is 3. The minimum atomic E-state index is -0.640. The molecule has 1 heterocycles. The normalized spacial score (nSPS) is 19.3. The van der Waals surface area contributed by atoms with Gasteiger partial charge in [0.2, 0.25) is 0 Å². The Bertz CT molecular complexity index is 979. The molecule has 1 atom stereocenters. The lowest BCUT2D eigenvalue weighted by Crippen LogP contribution is -2.54. The van der Waals surface area contributed by atoms with Gasteiger partial charge in [-0.2, -0.15) is 0 Å². The monoisotopic (exact) mass is 462 g/mol. The number of carbonyl (C=O) groups is 1. The summed E-state index contributed by atoms with van der Waals surface area (Å²) >= 11 is 0. The van der Waals surface area contributed by atoms with Crippen molar-refractivity contribution < 1.29 is 14.7 Å². The molecule has 2 amide bonds. The van der Waals surface area contributed by atoms with Gasteiger partial charge >= 0.3 is 6.03 Å². The third-order valence-electron chi connectivity index (χ3n) is 7.14. The molecule has 0 aromatic heterocycles. The number of benzene rings is 2. The Balaban J connectivity index is 1.09. The number of hydrogen-bond donors (Lipinski definition) is 2. The van der Waals surface area contributed by atoms with Crippen LogP contribution in [0.3, 0.4) is 0 Å². The third kappa shape index (κ3) is 5.10. The summed E-state index contributed by atoms with van der Waals surface area (Å²) < 4.78 is 0. The van der Waals surface area contributed by atoms with Crippen molar-refractivity contribution in [2.75, 3.05) is 39.3 Å². The minimum Gasteiger partial charge on any atom is -0.392 e. The van der Waals surface area contributed by atoms with Crippen molar-refractivity contribution in [3.05, 3.63) is 59.7 Å². The van der Waals surface area contributed by atoms with Gasteiger partial charge in [-0.15, -0.1) is 0 Å². The number of hydrogen-bond acceptors (Lipinski definition) is 5. The molecule has 2 aliphatic carbocycles. The zero-order valence-electron chi connectivity index (χ0n) is 19.7. The molecule has 0 spiro atoms. The highest BCUT2D eigenvalue weighted by molar-refractivity contribution is 6.24. The summed E-state index contributed by atoms with van der Waals surface area (Å²) in [5.41, 5.74) is 5.25. The van der Waals surface area contributed by atoms with Crippen LogP contribution in [0.15, 0.2) is 53.7 Å². The van der Waals surface area contributed by atoms with Gasteiger partial charge in [-0.3, -0.25) is 4.90 Å². The number of oxime groups is 1. The van der Waals surface area contributed by atoms with E-state index in [4.69, 9.17) is 4.84 Å². The largest absolute Gasteiger partial charge is 0.392 e. The fourth-order valence-corrected chi connectivity index (χ4v) is 5.28. The fourth-order valence-electron chi connectivity index (χ4n) is 5.28. The second-order valence-corrected chi connectivity index (χ2v) is 9.55. The van der Waals surface area contributed by atoms with Gasteiger partial charge in [-0.05, 0) is 24.0 Å². The molecule has 1 saturated heterocycles. The van der Waals surface area contributed by atoms with Gasteiger partial charge in [0.15, 0.2) is 0 Å². The maximum absolute atomic E-state index is 12.5. The summed E-state index contributed by atoms with van der Waals surface area (Å²) in [7, 11) is 0. The van der Waals surface area contributed by atoms with Crippen LogP contribution in [0.5, 0.6) is 0 Å². The topological polar surface area (TPSA) is 77.4 Å². The molecule has 7 nitrogen and oxygen atoms in total. The number of piperazine rings is 1. The number of rotatable bonds is 6. The number of carbonyl (C=O) groups excluding carboxylic acids is 1. The van der Waals surface area contributed by atoms with Crippen LogP contribution < -0.4 is 5.32 Å². The highest BCUT2D eigenvalue weighted by Crippen LogP contribution is 2.36. The maximum Gasteiger partial charge on any atom is 0.317 e. The van der Waals surface area contributed by atoms with Crippen LogP contribution in [0.2, 0.25) is 0 Å². The van der Waals surface area contributed by atoms with Crippen LogP contribution in [0.25, 0.3) is 11.1 Å². The summed E-state index contributed by atoms with van der Waals surface area (Å²) in [5.74, 6) is 0. The van der Waals surface area contributed by atoms with Crippen LogP contribution in [0.4, 0.5) is 4.79 Å². The first-order chi connectivity index (χ1) is 16.7. The molecule has 7 heteroatoms. The number of nitrogens with one attached hydrogen (secondary N) is 1. The first-order valence-electron chi connectivity index (χ1n) is 12.5. The van der Waals surface area contributed by atoms with Gasteiger partial charge in [-0.25, -0.2) is 4.79 Å². The summed E-state index contributed by atoms with van der Waals surface area (Å²) in [6.45, 7) is 3.52. The van der Waals surface area contributed by atoms with Crippen LogP contribution in [0.1, 0.15) is 43.2 Å². The molecule has 0 bridgehead atoms. The van der Waals surface area contributed by atoms with E-state index in [2.05, 4.69) is 39.6 Å². The predicted octanol–water partition coefficient (Wildman–Crippen LogP) is 3.46. The van der Waals surface area contributed by atoms with Crippen LogP contribution in [0, 0.1) is 0 Å². The minimum absolute atomic E-state index is 0.0587. The average Bonchev–Trinajstić information content (AvgIpc) is 3.19. The van der Waals surface area contributed by atoms with Crippen molar-refractivity contribution in [2.24, 2.45) is 5.16 Å². The van der Waals surface area contributed by atoms with Crippen LogP contribution in [-0.4, -0.2) is 78.1 Å². The molecule has 180 valence electrons. The zero-order valence-corrected chi connectivity index (χ0v) is 19.7. The Labute approximate surface area is 201 Å². The molecule has 2 aromatic rings. The van der Waals surface area contributed by atoms with Gasteiger partial charge in [0.25, 0.3) is 0 Å². The fraction of sp³-hybridized carbons (Fsp3) is 0.481. The standard InChI is InChI=1S/C27H34N4O3/c32-21(18-30-14-16-31(17-15-30)27(33)28-20-8-2-1-3-9-20)19-34-29-26-24-12-6-4-10-22(24)23-11-5-7-13-25(23)26/h4-7,10-13,20-21,32H,1-3,8-9,14-19H2,(H,28,33). The highest BCUT2D eigenvalue weighted by atomic mass is 16.6. The third-order valence-corrected chi connectivity index (χ3v) is 7.14. The Morgan fingerprint density at radius 3 is 2.15 bits per heavy atom. The first kappa shape index (κ1) is 22.9. The van der Waals surface area contributed by atoms with E-state index in [1.807, 2.05) is 29.2 Å². The summed E-state index contributed by atoms with van der Waals surface area (Å²) in [5, 5.41) is 18.1. The van der Waals surface area contributed by atoms with Gasteiger partial charge in [0.1, 0.15) is 18.4 Å². The molecule has 1 saturated carbocycles. The van der Waals surface area contributed by atoms with E-state index in [-0.39, 0.29) is 12.6 Å². The predicted molar refractivity (Wildman–Crippen MR) is 133 cm³/mol. The SMILES string of the molecule is O=C(NC1CCCCC1)N1CCN(CC(O)CON=C2c3ccccc3-c3ccccc32)CC1. The molecule has 2 fully saturated rings. The maximum atomic E-state index is 12.5. The number of nitrogens with zero attached hydrogens (tertiary/aromatic N) is 3. The lowest BCUT2D eigenvalue weighted by molar-refractivity contribution is 0.0117. The lowest BCUT2D eigenvalue weighted by Gasteiger charge is -2.36. The Kier molecular flexibility index (Phi) is 7.11.